The first-order valence-corrected chi connectivity index (χ1v) is 4.25. The molecule has 0 unspecified atom stereocenters. The Balaban J connectivity index is 0.00000169. The summed E-state index contributed by atoms with van der Waals surface area (Å²) in [5.74, 6) is 0.0850. The number of carbonyl (C=O) groups is 1. The molecule has 2 nitrogen and oxygen atoms in total. The maximum atomic E-state index is 11.2. The topological polar surface area (TPSA) is 20.9 Å². The first-order valence-electron chi connectivity index (χ1n) is 4.25. The van der Waals surface area contributed by atoms with Gasteiger partial charge in [0.15, 0.2) is 12.7 Å². The van der Waals surface area contributed by atoms with E-state index in [2.05, 4.69) is 6.58 Å². The lowest BCUT2D eigenvalue weighted by atomic mass is 10.2. The average molecular weight is 191 g/mol. The molecule has 0 aliphatic heterocycles. The SMILES string of the molecule is C=C(C)C[n+]1ccccc1C(C)=O.[CH3-]. The van der Waals surface area contributed by atoms with Crippen LogP contribution < -0.4 is 4.57 Å². The summed E-state index contributed by atoms with van der Waals surface area (Å²) in [7, 11) is 0. The number of nitrogens with zero attached hydrogens (tertiary/aromatic N) is 1. The highest BCUT2D eigenvalue weighted by Gasteiger charge is 2.13. The first kappa shape index (κ1) is 12.6. The second kappa shape index (κ2) is 5.32. The van der Waals surface area contributed by atoms with Crippen LogP contribution in [0.15, 0.2) is 36.5 Å². The maximum Gasteiger partial charge on any atom is 0.248 e. The Kier molecular flexibility index (Phi) is 4.78. The van der Waals surface area contributed by atoms with Gasteiger partial charge in [0, 0.05) is 19.1 Å². The van der Waals surface area contributed by atoms with Crippen molar-refractivity contribution >= 4 is 5.78 Å². The van der Waals surface area contributed by atoms with Crippen LogP contribution in [-0.4, -0.2) is 5.78 Å². The van der Waals surface area contributed by atoms with Crippen molar-refractivity contribution in [2.75, 3.05) is 0 Å². The molecule has 76 valence electrons. The summed E-state index contributed by atoms with van der Waals surface area (Å²) in [4.78, 5) is 11.2. The molecular formula is C12H17NO. The second-order valence-electron chi connectivity index (χ2n) is 3.23. The van der Waals surface area contributed by atoms with Crippen LogP contribution in [0.25, 0.3) is 0 Å². The molecule has 1 aromatic rings. The summed E-state index contributed by atoms with van der Waals surface area (Å²) >= 11 is 0. The molecule has 0 aliphatic rings. The third-order valence-corrected chi connectivity index (χ3v) is 1.74. The fraction of sp³-hybridized carbons (Fsp3) is 0.250. The molecule has 0 aliphatic carbocycles. The molecule has 0 N–H and O–H groups in total. The second-order valence-corrected chi connectivity index (χ2v) is 3.23. The summed E-state index contributed by atoms with van der Waals surface area (Å²) in [6.07, 6.45) is 1.89. The Labute approximate surface area is 85.9 Å². The number of carbonyl (C=O) groups excluding carboxylic acids is 1. The van der Waals surface area contributed by atoms with Gasteiger partial charge in [0.1, 0.15) is 0 Å². The highest BCUT2D eigenvalue weighted by molar-refractivity contribution is 5.90. The van der Waals surface area contributed by atoms with E-state index in [1.165, 1.54) is 0 Å². The van der Waals surface area contributed by atoms with Gasteiger partial charge in [-0.2, -0.15) is 4.57 Å². The number of rotatable bonds is 3. The minimum atomic E-state index is 0. The molecule has 0 fully saturated rings. The summed E-state index contributed by atoms with van der Waals surface area (Å²) in [6.45, 7) is 8.04. The quantitative estimate of drug-likeness (QED) is 0.310. The summed E-state index contributed by atoms with van der Waals surface area (Å²) in [5.41, 5.74) is 1.77. The minimum absolute atomic E-state index is 0. The number of hydrogen-bond acceptors (Lipinski definition) is 1. The van der Waals surface area contributed by atoms with Crippen LogP contribution in [0.1, 0.15) is 24.3 Å². The van der Waals surface area contributed by atoms with E-state index >= 15 is 0 Å². The lowest BCUT2D eigenvalue weighted by Crippen LogP contribution is -2.39. The normalized spacial score (nSPS) is 9.00. The van der Waals surface area contributed by atoms with Crippen LogP contribution in [-0.2, 0) is 6.54 Å². The van der Waals surface area contributed by atoms with E-state index in [1.54, 1.807) is 6.92 Å². The zero-order valence-corrected chi connectivity index (χ0v) is 9.08. The van der Waals surface area contributed by atoms with Gasteiger partial charge < -0.3 is 7.43 Å². The maximum absolute atomic E-state index is 11.2. The lowest BCUT2D eigenvalue weighted by Gasteiger charge is -1.99. The zero-order chi connectivity index (χ0) is 9.84. The molecule has 0 aromatic carbocycles. The van der Waals surface area contributed by atoms with Crippen molar-refractivity contribution in [1.29, 1.82) is 0 Å². The van der Waals surface area contributed by atoms with E-state index in [-0.39, 0.29) is 13.2 Å². The lowest BCUT2D eigenvalue weighted by molar-refractivity contribution is -0.690. The molecule has 2 heteroatoms. The number of hydrogen-bond donors (Lipinski definition) is 0. The van der Waals surface area contributed by atoms with E-state index in [9.17, 15) is 4.79 Å². The van der Waals surface area contributed by atoms with E-state index in [4.69, 9.17) is 0 Å². The summed E-state index contributed by atoms with van der Waals surface area (Å²) < 4.78 is 1.91. The molecule has 1 heterocycles. The fourth-order valence-corrected chi connectivity index (χ4v) is 1.22. The Hall–Kier alpha value is -1.44. The third-order valence-electron chi connectivity index (χ3n) is 1.74. The van der Waals surface area contributed by atoms with E-state index in [0.717, 1.165) is 11.3 Å². The molecule has 0 saturated heterocycles. The van der Waals surface area contributed by atoms with Crippen molar-refractivity contribution in [2.24, 2.45) is 0 Å². The molecule has 1 rings (SSSR count). The van der Waals surface area contributed by atoms with Gasteiger partial charge in [-0.05, 0) is 18.6 Å². The van der Waals surface area contributed by atoms with Crippen molar-refractivity contribution in [2.45, 2.75) is 20.4 Å². The molecule has 0 amide bonds. The van der Waals surface area contributed by atoms with Gasteiger partial charge in [-0.25, -0.2) is 0 Å². The number of ketones is 1. The fourth-order valence-electron chi connectivity index (χ4n) is 1.22. The Bertz CT molecular complexity index is 342. The summed E-state index contributed by atoms with van der Waals surface area (Å²) in [5, 5.41) is 0. The Morgan fingerprint density at radius 3 is 2.57 bits per heavy atom. The van der Waals surface area contributed by atoms with Gasteiger partial charge in [-0.15, -0.1) is 0 Å². The molecule has 0 radical (unpaired) electrons. The largest absolute Gasteiger partial charge is 0.358 e. The third kappa shape index (κ3) is 3.13. The van der Waals surface area contributed by atoms with Crippen LogP contribution in [0.5, 0.6) is 0 Å². The number of aromatic nitrogens is 1. The van der Waals surface area contributed by atoms with Crippen LogP contribution in [0.3, 0.4) is 0 Å². The van der Waals surface area contributed by atoms with Crippen molar-refractivity contribution in [3.05, 3.63) is 49.7 Å². The van der Waals surface area contributed by atoms with E-state index in [0.29, 0.717) is 6.54 Å². The highest BCUT2D eigenvalue weighted by atomic mass is 16.1. The molecule has 14 heavy (non-hydrogen) atoms. The number of allylic oxidation sites excluding steroid dienone is 1. The van der Waals surface area contributed by atoms with Crippen molar-refractivity contribution in [3.8, 4) is 0 Å². The van der Waals surface area contributed by atoms with Crippen LogP contribution in [0, 0.1) is 7.43 Å². The average Bonchev–Trinajstić information content (AvgIpc) is 2.03. The molecule has 0 saturated carbocycles. The van der Waals surface area contributed by atoms with Crippen LogP contribution >= 0.6 is 0 Å². The number of Topliss-reactive ketones (excluding diaryl/α,β-unsaturated/α-hetero) is 1. The monoisotopic (exact) mass is 191 g/mol. The molecule has 1 aromatic heterocycles. The van der Waals surface area contributed by atoms with Crippen molar-refractivity contribution in [3.63, 3.8) is 0 Å². The van der Waals surface area contributed by atoms with Crippen LogP contribution in [0.2, 0.25) is 0 Å². The molecular weight excluding hydrogens is 174 g/mol. The van der Waals surface area contributed by atoms with Crippen molar-refractivity contribution < 1.29 is 9.36 Å². The standard InChI is InChI=1S/C11H14NO.CH3/c1-9(2)8-12-7-5-4-6-11(12)10(3)13;/h4-7H,1,8H2,2-3H3;1H3/q+1;-1. The Morgan fingerprint density at radius 2 is 2.07 bits per heavy atom. The predicted octanol–water partition coefficient (Wildman–Crippen LogP) is 2.20. The zero-order valence-electron chi connectivity index (χ0n) is 9.08. The van der Waals surface area contributed by atoms with Gasteiger partial charge in [0.2, 0.25) is 11.5 Å². The van der Waals surface area contributed by atoms with Crippen LogP contribution in [0.4, 0.5) is 0 Å². The van der Waals surface area contributed by atoms with Gasteiger partial charge in [0.25, 0.3) is 0 Å². The van der Waals surface area contributed by atoms with E-state index in [1.807, 2.05) is 35.9 Å². The molecule has 0 spiro atoms. The predicted molar refractivity (Wildman–Crippen MR) is 57.9 cm³/mol. The highest BCUT2D eigenvalue weighted by Crippen LogP contribution is 1.95. The molecule has 0 bridgehead atoms. The molecule has 0 atom stereocenters. The van der Waals surface area contributed by atoms with Gasteiger partial charge >= 0.3 is 0 Å². The van der Waals surface area contributed by atoms with Gasteiger partial charge in [0.05, 0.1) is 0 Å². The van der Waals surface area contributed by atoms with Gasteiger partial charge in [-0.1, -0.05) is 6.58 Å². The Morgan fingerprint density at radius 1 is 1.43 bits per heavy atom. The van der Waals surface area contributed by atoms with Gasteiger partial charge in [-0.3, -0.25) is 4.79 Å². The smallest absolute Gasteiger partial charge is 0.248 e. The number of pyridine rings is 1. The summed E-state index contributed by atoms with van der Waals surface area (Å²) in [6, 6.07) is 5.60. The van der Waals surface area contributed by atoms with E-state index < -0.39 is 0 Å². The van der Waals surface area contributed by atoms with Crippen molar-refractivity contribution in [1.82, 2.24) is 0 Å². The first-order chi connectivity index (χ1) is 6.11. The minimum Gasteiger partial charge on any atom is -0.358 e.